The first-order valence-electron chi connectivity index (χ1n) is 6.21. The zero-order valence-corrected chi connectivity index (χ0v) is 11.5. The molecule has 0 radical (unpaired) electrons. The van der Waals surface area contributed by atoms with Gasteiger partial charge in [-0.1, -0.05) is 0 Å². The molecule has 0 unspecified atom stereocenters. The highest BCUT2D eigenvalue weighted by Gasteiger charge is 2.24. The lowest BCUT2D eigenvalue weighted by molar-refractivity contribution is -0.386. The Hall–Kier alpha value is -2.77. The number of nitrogens with one attached hydrogen (secondary N) is 1. The fourth-order valence-electron chi connectivity index (χ4n) is 1.67. The van der Waals surface area contributed by atoms with Gasteiger partial charge in [0.1, 0.15) is 17.3 Å². The molecule has 1 aromatic carbocycles. The number of ether oxygens (including phenoxy) is 1. The molecular weight excluding hydrogens is 279 g/mol. The Morgan fingerprint density at radius 1 is 1.33 bits per heavy atom. The SMILES string of the molecule is CCNc1nc(C)c([N+](=O)[O-])c(Oc2ccc(F)cc2)n1. The molecule has 0 fully saturated rings. The zero-order valence-electron chi connectivity index (χ0n) is 11.5. The minimum atomic E-state index is -0.607. The monoisotopic (exact) mass is 292 g/mol. The molecule has 0 saturated heterocycles. The van der Waals surface area contributed by atoms with E-state index in [2.05, 4.69) is 15.3 Å². The Balaban J connectivity index is 2.43. The van der Waals surface area contributed by atoms with Gasteiger partial charge in [-0.3, -0.25) is 10.1 Å². The van der Waals surface area contributed by atoms with Gasteiger partial charge in [0.2, 0.25) is 5.95 Å². The largest absolute Gasteiger partial charge is 0.434 e. The first-order valence-corrected chi connectivity index (χ1v) is 6.21. The van der Waals surface area contributed by atoms with Crippen LogP contribution in [0.25, 0.3) is 0 Å². The quantitative estimate of drug-likeness (QED) is 0.672. The standard InChI is InChI=1S/C13H13FN4O3/c1-3-15-13-16-8(2)11(18(19)20)12(17-13)21-10-6-4-9(14)5-7-10/h4-7H,3H2,1-2H3,(H,15,16,17). The molecule has 2 aromatic rings. The van der Waals surface area contributed by atoms with Crippen molar-refractivity contribution in [3.63, 3.8) is 0 Å². The van der Waals surface area contributed by atoms with E-state index in [4.69, 9.17) is 4.74 Å². The van der Waals surface area contributed by atoms with E-state index in [-0.39, 0.29) is 29.0 Å². The Morgan fingerprint density at radius 2 is 2.00 bits per heavy atom. The van der Waals surface area contributed by atoms with Crippen LogP contribution in [0.2, 0.25) is 0 Å². The summed E-state index contributed by atoms with van der Waals surface area (Å²) in [5.74, 6) is -0.128. The fraction of sp³-hybridized carbons (Fsp3) is 0.231. The van der Waals surface area contributed by atoms with Crippen LogP contribution in [0.5, 0.6) is 11.6 Å². The highest BCUT2D eigenvalue weighted by molar-refractivity contribution is 5.50. The summed E-state index contributed by atoms with van der Waals surface area (Å²) >= 11 is 0. The summed E-state index contributed by atoms with van der Waals surface area (Å²) in [6, 6.07) is 5.12. The van der Waals surface area contributed by atoms with Crippen LogP contribution in [-0.2, 0) is 0 Å². The van der Waals surface area contributed by atoms with Gasteiger partial charge in [0, 0.05) is 6.54 Å². The minimum Gasteiger partial charge on any atom is -0.434 e. The third-order valence-electron chi connectivity index (χ3n) is 2.57. The van der Waals surface area contributed by atoms with E-state index < -0.39 is 10.7 Å². The van der Waals surface area contributed by atoms with Gasteiger partial charge in [-0.15, -0.1) is 0 Å². The second-order valence-corrected chi connectivity index (χ2v) is 4.13. The summed E-state index contributed by atoms with van der Waals surface area (Å²) in [6.07, 6.45) is 0. The molecule has 0 bridgehead atoms. The van der Waals surface area contributed by atoms with Crippen LogP contribution in [0.1, 0.15) is 12.6 Å². The first-order chi connectivity index (χ1) is 10.0. The van der Waals surface area contributed by atoms with Gasteiger partial charge in [-0.2, -0.15) is 4.98 Å². The number of hydrogen-bond acceptors (Lipinski definition) is 6. The molecule has 1 heterocycles. The lowest BCUT2D eigenvalue weighted by Crippen LogP contribution is -2.07. The predicted molar refractivity (Wildman–Crippen MR) is 74.1 cm³/mol. The molecule has 110 valence electrons. The van der Waals surface area contributed by atoms with Gasteiger partial charge in [-0.05, 0) is 38.1 Å². The van der Waals surface area contributed by atoms with Crippen molar-refractivity contribution >= 4 is 11.6 Å². The van der Waals surface area contributed by atoms with Crippen molar-refractivity contribution in [2.45, 2.75) is 13.8 Å². The molecule has 0 aliphatic rings. The van der Waals surface area contributed by atoms with E-state index in [1.807, 2.05) is 6.92 Å². The molecule has 0 spiro atoms. The lowest BCUT2D eigenvalue weighted by Gasteiger charge is -2.09. The number of nitrogens with zero attached hydrogens (tertiary/aromatic N) is 3. The number of halogens is 1. The third kappa shape index (κ3) is 3.41. The molecule has 0 amide bonds. The summed E-state index contributed by atoms with van der Waals surface area (Å²) in [6.45, 7) is 3.91. The highest BCUT2D eigenvalue weighted by atomic mass is 19.1. The molecule has 0 aliphatic carbocycles. The smallest absolute Gasteiger partial charge is 0.352 e. The molecule has 1 N–H and O–H groups in total. The van der Waals surface area contributed by atoms with E-state index in [0.29, 0.717) is 6.54 Å². The van der Waals surface area contributed by atoms with Gasteiger partial charge < -0.3 is 10.1 Å². The number of aromatic nitrogens is 2. The minimum absolute atomic E-state index is 0.183. The average molecular weight is 292 g/mol. The Labute approximate surface area is 120 Å². The third-order valence-corrected chi connectivity index (χ3v) is 2.57. The lowest BCUT2D eigenvalue weighted by atomic mass is 10.3. The number of benzene rings is 1. The van der Waals surface area contributed by atoms with Crippen molar-refractivity contribution in [2.75, 3.05) is 11.9 Å². The summed E-state index contributed by atoms with van der Waals surface area (Å²) < 4.78 is 18.3. The number of aryl methyl sites for hydroxylation is 1. The first kappa shape index (κ1) is 14.6. The van der Waals surface area contributed by atoms with Crippen LogP contribution in [0, 0.1) is 22.9 Å². The molecule has 2 rings (SSSR count). The van der Waals surface area contributed by atoms with Crippen LogP contribution in [0.4, 0.5) is 16.0 Å². The van der Waals surface area contributed by atoms with Crippen molar-refractivity contribution in [3.8, 4) is 11.6 Å². The summed E-state index contributed by atoms with van der Waals surface area (Å²) in [5.41, 5.74) is -0.135. The summed E-state index contributed by atoms with van der Waals surface area (Å²) in [5, 5.41) is 14.0. The highest BCUT2D eigenvalue weighted by Crippen LogP contribution is 2.32. The normalized spacial score (nSPS) is 10.2. The number of hydrogen-bond donors (Lipinski definition) is 1. The van der Waals surface area contributed by atoms with Crippen molar-refractivity contribution in [3.05, 3.63) is 45.9 Å². The van der Waals surface area contributed by atoms with E-state index in [1.54, 1.807) is 0 Å². The van der Waals surface area contributed by atoms with E-state index >= 15 is 0 Å². The second kappa shape index (κ2) is 6.12. The molecule has 0 aliphatic heterocycles. The van der Waals surface area contributed by atoms with E-state index in [0.717, 1.165) is 0 Å². The van der Waals surface area contributed by atoms with Gasteiger partial charge >= 0.3 is 11.6 Å². The maximum absolute atomic E-state index is 12.9. The van der Waals surface area contributed by atoms with Crippen LogP contribution in [0.3, 0.4) is 0 Å². The fourth-order valence-corrected chi connectivity index (χ4v) is 1.67. The molecule has 8 heteroatoms. The summed E-state index contributed by atoms with van der Waals surface area (Å²) in [7, 11) is 0. The van der Waals surface area contributed by atoms with Gasteiger partial charge in [0.15, 0.2) is 0 Å². The van der Waals surface area contributed by atoms with Crippen molar-refractivity contribution < 1.29 is 14.1 Å². The maximum atomic E-state index is 12.9. The van der Waals surface area contributed by atoms with Crippen molar-refractivity contribution in [1.29, 1.82) is 0 Å². The van der Waals surface area contributed by atoms with E-state index in [9.17, 15) is 14.5 Å². The van der Waals surface area contributed by atoms with E-state index in [1.165, 1.54) is 31.2 Å². The van der Waals surface area contributed by atoms with Crippen LogP contribution < -0.4 is 10.1 Å². The van der Waals surface area contributed by atoms with Gasteiger partial charge in [0.25, 0.3) is 0 Å². The van der Waals surface area contributed by atoms with Gasteiger partial charge in [0.05, 0.1) is 4.92 Å². The average Bonchev–Trinajstić information content (AvgIpc) is 2.41. The molecule has 7 nitrogen and oxygen atoms in total. The van der Waals surface area contributed by atoms with Crippen molar-refractivity contribution in [1.82, 2.24) is 9.97 Å². The maximum Gasteiger partial charge on any atom is 0.352 e. The topological polar surface area (TPSA) is 90.2 Å². The zero-order chi connectivity index (χ0) is 15.4. The predicted octanol–water partition coefficient (Wildman–Crippen LogP) is 3.06. The van der Waals surface area contributed by atoms with Crippen LogP contribution >= 0.6 is 0 Å². The number of rotatable bonds is 5. The van der Waals surface area contributed by atoms with Crippen LogP contribution in [0.15, 0.2) is 24.3 Å². The van der Waals surface area contributed by atoms with Gasteiger partial charge in [-0.25, -0.2) is 9.37 Å². The van der Waals surface area contributed by atoms with Crippen LogP contribution in [-0.4, -0.2) is 21.4 Å². The Bertz CT molecular complexity index is 661. The Kier molecular flexibility index (Phi) is 4.27. The Morgan fingerprint density at radius 3 is 2.57 bits per heavy atom. The summed E-state index contributed by atoms with van der Waals surface area (Å²) in [4.78, 5) is 18.5. The van der Waals surface area contributed by atoms with Crippen molar-refractivity contribution in [2.24, 2.45) is 0 Å². The molecular formula is C13H13FN4O3. The molecule has 0 saturated carbocycles. The number of nitro groups is 1. The molecule has 1 aromatic heterocycles. The molecule has 0 atom stereocenters. The second-order valence-electron chi connectivity index (χ2n) is 4.13. The molecule has 21 heavy (non-hydrogen) atoms. The number of anilines is 1.